The number of rotatable bonds is 7. The van der Waals surface area contributed by atoms with Gasteiger partial charge >= 0.3 is 7.12 Å². The fourth-order valence-electron chi connectivity index (χ4n) is 5.90. The molecule has 0 spiro atoms. The van der Waals surface area contributed by atoms with Crippen LogP contribution in [0.3, 0.4) is 0 Å². The monoisotopic (exact) mass is 381 g/mol. The highest BCUT2D eigenvalue weighted by Gasteiger charge is 2.68. The summed E-state index contributed by atoms with van der Waals surface area (Å²) in [6, 6.07) is 10.4. The van der Waals surface area contributed by atoms with E-state index in [1.54, 1.807) is 0 Å². The summed E-state index contributed by atoms with van der Waals surface area (Å²) >= 11 is 0. The molecule has 1 aliphatic heterocycles. The van der Waals surface area contributed by atoms with Crippen LogP contribution in [0.15, 0.2) is 42.5 Å². The second kappa shape index (κ2) is 7.03. The van der Waals surface area contributed by atoms with Crippen LogP contribution in [0.2, 0.25) is 5.82 Å². The van der Waals surface area contributed by atoms with Crippen molar-refractivity contribution in [2.45, 2.75) is 70.4 Å². The zero-order valence-corrected chi connectivity index (χ0v) is 17.3. The molecule has 4 fully saturated rings. The fourth-order valence-corrected chi connectivity index (χ4v) is 5.90. The van der Waals surface area contributed by atoms with Gasteiger partial charge in [-0.3, -0.25) is 4.79 Å². The van der Waals surface area contributed by atoms with E-state index in [1.807, 2.05) is 6.07 Å². The maximum Gasteiger partial charge on any atom is 0.465 e. The standard InChI is InChI=1S/C23H32BNO3/c1-15(21(25)26)18(12-8-11-16-9-6-5-7-10-16)24-27-20-14-17-13-19(22(17,2)3)23(20,4)28-24/h5-7,9-10,17-20H,1,8,11-14H2,2-4H3,(H2,25,26)/t17-,18+,19-,20+,23-/m0/s1. The topological polar surface area (TPSA) is 61.6 Å². The van der Waals surface area contributed by atoms with Crippen LogP contribution in [0.5, 0.6) is 0 Å². The van der Waals surface area contributed by atoms with E-state index < -0.39 is 13.0 Å². The van der Waals surface area contributed by atoms with Crippen LogP contribution in [0.25, 0.3) is 0 Å². The largest absolute Gasteiger partial charge is 0.465 e. The zero-order valence-electron chi connectivity index (χ0n) is 17.3. The van der Waals surface area contributed by atoms with Crippen LogP contribution in [0.4, 0.5) is 0 Å². The second-order valence-electron chi connectivity index (χ2n) is 9.71. The molecule has 5 rings (SSSR count). The van der Waals surface area contributed by atoms with E-state index >= 15 is 0 Å². The van der Waals surface area contributed by atoms with Gasteiger partial charge in [0, 0.05) is 11.4 Å². The molecule has 28 heavy (non-hydrogen) atoms. The van der Waals surface area contributed by atoms with Gasteiger partial charge in [-0.05, 0) is 61.8 Å². The molecular weight excluding hydrogens is 349 g/mol. The van der Waals surface area contributed by atoms with Crippen molar-refractivity contribution in [2.24, 2.45) is 23.0 Å². The molecule has 150 valence electrons. The Kier molecular flexibility index (Phi) is 4.95. The molecule has 2 N–H and O–H groups in total. The van der Waals surface area contributed by atoms with Crippen LogP contribution < -0.4 is 5.73 Å². The number of benzene rings is 1. The third-order valence-electron chi connectivity index (χ3n) is 7.88. The molecule has 4 nitrogen and oxygen atoms in total. The number of hydrogen-bond acceptors (Lipinski definition) is 3. The average Bonchev–Trinajstić information content (AvgIpc) is 3.02. The lowest BCUT2D eigenvalue weighted by molar-refractivity contribution is -0.199. The molecule has 5 heteroatoms. The van der Waals surface area contributed by atoms with Gasteiger partial charge in [-0.15, -0.1) is 0 Å². The third-order valence-corrected chi connectivity index (χ3v) is 7.88. The lowest BCUT2D eigenvalue weighted by Crippen LogP contribution is -2.65. The van der Waals surface area contributed by atoms with Crippen molar-refractivity contribution in [1.82, 2.24) is 0 Å². The van der Waals surface area contributed by atoms with Crippen molar-refractivity contribution in [3.05, 3.63) is 48.0 Å². The van der Waals surface area contributed by atoms with Gasteiger partial charge in [0.25, 0.3) is 0 Å². The minimum atomic E-state index is -0.457. The predicted molar refractivity (Wildman–Crippen MR) is 112 cm³/mol. The van der Waals surface area contributed by atoms with Crippen molar-refractivity contribution in [3.8, 4) is 0 Å². The van der Waals surface area contributed by atoms with Crippen LogP contribution in [0, 0.1) is 17.3 Å². The maximum absolute atomic E-state index is 11.9. The number of carbonyl (C=O) groups excluding carboxylic acids is 1. The molecule has 1 amide bonds. The zero-order chi connectivity index (χ0) is 20.1. The van der Waals surface area contributed by atoms with Crippen molar-refractivity contribution in [2.75, 3.05) is 0 Å². The first kappa shape index (κ1) is 19.7. The van der Waals surface area contributed by atoms with Gasteiger partial charge < -0.3 is 15.0 Å². The Morgan fingerprint density at radius 1 is 1.29 bits per heavy atom. The van der Waals surface area contributed by atoms with E-state index in [-0.39, 0.29) is 17.5 Å². The van der Waals surface area contributed by atoms with Gasteiger partial charge in [-0.2, -0.15) is 0 Å². The summed E-state index contributed by atoms with van der Waals surface area (Å²) in [7, 11) is -0.430. The van der Waals surface area contributed by atoms with Crippen LogP contribution in [-0.4, -0.2) is 24.7 Å². The number of aryl methyl sites for hydroxylation is 1. The summed E-state index contributed by atoms with van der Waals surface area (Å²) in [4.78, 5) is 11.9. The summed E-state index contributed by atoms with van der Waals surface area (Å²) < 4.78 is 13.0. The maximum atomic E-state index is 11.9. The van der Waals surface area contributed by atoms with Gasteiger partial charge in [-0.25, -0.2) is 0 Å². The molecule has 3 aliphatic carbocycles. The van der Waals surface area contributed by atoms with Gasteiger partial charge in [0.2, 0.25) is 5.91 Å². The lowest BCUT2D eigenvalue weighted by atomic mass is 9.43. The predicted octanol–water partition coefficient (Wildman–Crippen LogP) is 4.15. The molecule has 1 aromatic rings. The van der Waals surface area contributed by atoms with E-state index in [4.69, 9.17) is 15.0 Å². The molecule has 1 heterocycles. The van der Waals surface area contributed by atoms with E-state index in [2.05, 4.69) is 51.6 Å². The molecule has 0 radical (unpaired) electrons. The van der Waals surface area contributed by atoms with Gasteiger partial charge in [0.1, 0.15) is 0 Å². The van der Waals surface area contributed by atoms with Crippen molar-refractivity contribution < 1.29 is 14.1 Å². The van der Waals surface area contributed by atoms with E-state index in [9.17, 15) is 4.79 Å². The first-order chi connectivity index (χ1) is 13.2. The fraction of sp³-hybridized carbons (Fsp3) is 0.609. The Morgan fingerprint density at radius 3 is 2.64 bits per heavy atom. The molecule has 1 aromatic carbocycles. The molecule has 3 saturated carbocycles. The van der Waals surface area contributed by atoms with Crippen LogP contribution in [-0.2, 0) is 20.5 Å². The lowest BCUT2D eigenvalue weighted by Gasteiger charge is -2.64. The molecular formula is C23H32BNO3. The summed E-state index contributed by atoms with van der Waals surface area (Å²) in [6.07, 6.45) is 5.02. The normalized spacial score (nSPS) is 33.7. The van der Waals surface area contributed by atoms with Crippen molar-refractivity contribution in [1.29, 1.82) is 0 Å². The molecule has 4 aliphatic rings. The Labute approximate surface area is 169 Å². The second-order valence-corrected chi connectivity index (χ2v) is 9.71. The summed E-state index contributed by atoms with van der Waals surface area (Å²) in [6.45, 7) is 10.9. The Morgan fingerprint density at radius 2 is 2.00 bits per heavy atom. The molecule has 2 bridgehead atoms. The smallest absolute Gasteiger partial charge is 0.405 e. The number of amides is 1. The SMILES string of the molecule is C=C(C(N)=O)[C@@H](CCCc1ccccc1)B1O[C@@H]2C[C@@H]3C[C@@H](C3(C)C)[C@]2(C)O1. The van der Waals surface area contributed by atoms with Crippen LogP contribution >= 0.6 is 0 Å². The van der Waals surface area contributed by atoms with E-state index in [0.717, 1.165) is 25.7 Å². The molecule has 0 aromatic heterocycles. The van der Waals surface area contributed by atoms with Crippen molar-refractivity contribution >= 4 is 13.0 Å². The highest BCUT2D eigenvalue weighted by atomic mass is 16.7. The van der Waals surface area contributed by atoms with Gasteiger partial charge in [-0.1, -0.05) is 50.8 Å². The molecule has 5 atom stereocenters. The first-order valence-corrected chi connectivity index (χ1v) is 10.6. The number of carbonyl (C=O) groups is 1. The summed E-state index contributed by atoms with van der Waals surface area (Å²) in [5.74, 6) is 0.555. The first-order valence-electron chi connectivity index (χ1n) is 10.6. The average molecular weight is 381 g/mol. The molecule has 1 saturated heterocycles. The Balaban J connectivity index is 1.47. The van der Waals surface area contributed by atoms with Gasteiger partial charge in [0.15, 0.2) is 0 Å². The minimum Gasteiger partial charge on any atom is -0.405 e. The van der Waals surface area contributed by atoms with E-state index in [1.165, 1.54) is 12.0 Å². The summed E-state index contributed by atoms with van der Waals surface area (Å²) in [5.41, 5.74) is 7.33. The Hall–Kier alpha value is -1.59. The molecule has 0 unspecified atom stereocenters. The number of nitrogens with two attached hydrogens (primary N) is 1. The van der Waals surface area contributed by atoms with Gasteiger partial charge in [0.05, 0.1) is 11.7 Å². The highest BCUT2D eigenvalue weighted by molar-refractivity contribution is 6.49. The Bertz CT molecular complexity index is 764. The number of hydrogen-bond donors (Lipinski definition) is 1. The summed E-state index contributed by atoms with van der Waals surface area (Å²) in [5, 5.41) is 0. The minimum absolute atomic E-state index is 0.103. The van der Waals surface area contributed by atoms with E-state index in [0.29, 0.717) is 22.8 Å². The van der Waals surface area contributed by atoms with Crippen molar-refractivity contribution in [3.63, 3.8) is 0 Å². The highest BCUT2D eigenvalue weighted by Crippen LogP contribution is 2.66. The van der Waals surface area contributed by atoms with Crippen LogP contribution in [0.1, 0.15) is 52.0 Å². The third kappa shape index (κ3) is 3.13. The number of primary amides is 1. The quantitative estimate of drug-likeness (QED) is 0.570.